The number of rotatable bonds is 9. The van der Waals surface area contributed by atoms with Gasteiger partial charge < -0.3 is 9.30 Å². The highest BCUT2D eigenvalue weighted by atomic mass is 35.5. The minimum atomic E-state index is -3.56. The van der Waals surface area contributed by atoms with E-state index in [9.17, 15) is 14.2 Å². The monoisotopic (exact) mass is 406 g/mol. The van der Waals surface area contributed by atoms with Crippen LogP contribution in [-0.4, -0.2) is 24.3 Å². The Bertz CT molecular complexity index is 828. The van der Waals surface area contributed by atoms with Gasteiger partial charge in [0.15, 0.2) is 7.14 Å². The fourth-order valence-electron chi connectivity index (χ4n) is 2.75. The van der Waals surface area contributed by atoms with Crippen molar-refractivity contribution in [3.8, 4) is 0 Å². The molecule has 0 amide bonds. The molecule has 0 heterocycles. The number of carbonyl (C=O) groups is 2. The van der Waals surface area contributed by atoms with Crippen LogP contribution in [0, 0.1) is 6.92 Å². The van der Waals surface area contributed by atoms with Crippen molar-refractivity contribution in [1.82, 2.24) is 0 Å². The third-order valence-electron chi connectivity index (χ3n) is 4.33. The zero-order chi connectivity index (χ0) is 19.9. The molecule has 0 N–H and O–H groups in total. The van der Waals surface area contributed by atoms with E-state index in [1.807, 2.05) is 6.92 Å². The number of carbonyl (C=O) groups excluding carboxylic acids is 2. The van der Waals surface area contributed by atoms with E-state index in [0.29, 0.717) is 17.5 Å². The fourth-order valence-corrected chi connectivity index (χ4v) is 5.63. The summed E-state index contributed by atoms with van der Waals surface area (Å²) in [5.41, 5.74) is 0.401. The lowest BCUT2D eigenvalue weighted by Crippen LogP contribution is -2.19. The van der Waals surface area contributed by atoms with Gasteiger partial charge in [0.25, 0.3) is 0 Å². The van der Waals surface area contributed by atoms with Crippen LogP contribution in [-0.2, 0) is 14.1 Å². The molecule has 0 aliphatic rings. The molecule has 0 saturated heterocycles. The van der Waals surface area contributed by atoms with Crippen LogP contribution in [0.25, 0.3) is 0 Å². The van der Waals surface area contributed by atoms with E-state index in [1.165, 1.54) is 0 Å². The highest BCUT2D eigenvalue weighted by molar-refractivity contribution is 7.87. The number of ether oxygens (including phenoxy) is 1. The molecule has 2 rings (SSSR count). The molecular weight excluding hydrogens is 383 g/mol. The van der Waals surface area contributed by atoms with E-state index in [4.69, 9.17) is 16.3 Å². The van der Waals surface area contributed by atoms with Crippen molar-refractivity contribution in [2.45, 2.75) is 33.1 Å². The molecule has 0 fully saturated rings. The second-order valence-electron chi connectivity index (χ2n) is 6.36. The third-order valence-corrected chi connectivity index (χ3v) is 7.51. The summed E-state index contributed by atoms with van der Waals surface area (Å²) in [6.07, 6.45) is 1.54. The van der Waals surface area contributed by atoms with Gasteiger partial charge in [-0.2, -0.15) is 0 Å². The molecule has 2 aromatic carbocycles. The lowest BCUT2D eigenvalue weighted by molar-refractivity contribution is -0.143. The maximum Gasteiger partial charge on any atom is 0.306 e. The van der Waals surface area contributed by atoms with Crippen LogP contribution >= 0.6 is 18.7 Å². The van der Waals surface area contributed by atoms with E-state index < -0.39 is 18.6 Å². The average Bonchev–Trinajstić information content (AvgIpc) is 2.66. The van der Waals surface area contributed by atoms with Gasteiger partial charge in [0.05, 0.1) is 18.1 Å². The summed E-state index contributed by atoms with van der Waals surface area (Å²) in [5.74, 6) is -0.441. The van der Waals surface area contributed by atoms with Crippen LogP contribution < -0.4 is 5.30 Å². The van der Waals surface area contributed by atoms with E-state index in [-0.39, 0.29) is 23.2 Å². The van der Waals surface area contributed by atoms with Gasteiger partial charge in [0.2, 0.25) is 5.52 Å². The second kappa shape index (κ2) is 9.87. The van der Waals surface area contributed by atoms with Gasteiger partial charge in [-0.1, -0.05) is 67.4 Å². The molecule has 6 heteroatoms. The Morgan fingerprint density at radius 3 is 2.41 bits per heavy atom. The summed E-state index contributed by atoms with van der Waals surface area (Å²) in [5, 5.41) is 0.692. The molecule has 0 spiro atoms. The van der Waals surface area contributed by atoms with Crippen molar-refractivity contribution in [2.24, 2.45) is 0 Å². The molecular formula is C21H24ClO4P. The standard InChI is InChI=1S/C21H24ClO4P/c1-3-4-14-26-19(23)13-15-27(25,17-10-6-5-7-11-17)21(24)20-16(2)9-8-12-18(20)22/h5-12H,3-4,13-15H2,1-2H3. The quantitative estimate of drug-likeness (QED) is 0.326. The number of unbranched alkanes of at least 4 members (excludes halogenated alkanes) is 1. The lowest BCUT2D eigenvalue weighted by Gasteiger charge is -2.19. The number of benzene rings is 2. The maximum atomic E-state index is 13.8. The van der Waals surface area contributed by atoms with Gasteiger partial charge in [0, 0.05) is 17.0 Å². The molecule has 4 nitrogen and oxygen atoms in total. The van der Waals surface area contributed by atoms with Gasteiger partial charge in [-0.3, -0.25) is 9.59 Å². The third kappa shape index (κ3) is 5.31. The van der Waals surface area contributed by atoms with Crippen molar-refractivity contribution in [3.63, 3.8) is 0 Å². The molecule has 0 aromatic heterocycles. The molecule has 0 saturated carbocycles. The van der Waals surface area contributed by atoms with Crippen LogP contribution in [0.1, 0.15) is 42.1 Å². The molecule has 0 radical (unpaired) electrons. The van der Waals surface area contributed by atoms with Crippen molar-refractivity contribution < 1.29 is 18.9 Å². The summed E-state index contributed by atoms with van der Waals surface area (Å²) in [6, 6.07) is 13.7. The highest BCUT2D eigenvalue weighted by Crippen LogP contribution is 2.50. The first-order chi connectivity index (χ1) is 12.9. The number of hydrogen-bond acceptors (Lipinski definition) is 4. The molecule has 0 aliphatic heterocycles. The topological polar surface area (TPSA) is 60.4 Å². The Labute approximate surface area is 165 Å². The Hall–Kier alpha value is -1.90. The van der Waals surface area contributed by atoms with Crippen molar-refractivity contribution in [1.29, 1.82) is 0 Å². The van der Waals surface area contributed by atoms with Crippen LogP contribution in [0.4, 0.5) is 0 Å². The summed E-state index contributed by atoms with van der Waals surface area (Å²) in [6.45, 7) is 4.10. The van der Waals surface area contributed by atoms with Crippen LogP contribution in [0.5, 0.6) is 0 Å². The van der Waals surface area contributed by atoms with Gasteiger partial charge in [-0.25, -0.2) is 0 Å². The van der Waals surface area contributed by atoms with E-state index in [0.717, 1.165) is 12.8 Å². The van der Waals surface area contributed by atoms with Crippen molar-refractivity contribution in [2.75, 3.05) is 12.8 Å². The van der Waals surface area contributed by atoms with Crippen LogP contribution in [0.3, 0.4) is 0 Å². The molecule has 1 unspecified atom stereocenters. The largest absolute Gasteiger partial charge is 0.466 e. The van der Waals surface area contributed by atoms with Crippen LogP contribution in [0.15, 0.2) is 48.5 Å². The number of hydrogen-bond donors (Lipinski definition) is 0. The molecule has 0 aliphatic carbocycles. The number of esters is 1. The summed E-state index contributed by atoms with van der Waals surface area (Å²) < 4.78 is 19.0. The zero-order valence-electron chi connectivity index (χ0n) is 15.6. The number of aryl methyl sites for hydroxylation is 1. The SMILES string of the molecule is CCCCOC(=O)CCP(=O)(C(=O)c1c(C)cccc1Cl)c1ccccc1. The van der Waals surface area contributed by atoms with Gasteiger partial charge >= 0.3 is 5.97 Å². The Balaban J connectivity index is 2.33. The van der Waals surface area contributed by atoms with E-state index >= 15 is 0 Å². The summed E-state index contributed by atoms with van der Waals surface area (Å²) >= 11 is 6.23. The zero-order valence-corrected chi connectivity index (χ0v) is 17.3. The summed E-state index contributed by atoms with van der Waals surface area (Å²) in [7, 11) is -3.56. The molecule has 2 aromatic rings. The van der Waals surface area contributed by atoms with Gasteiger partial charge in [0.1, 0.15) is 0 Å². The van der Waals surface area contributed by atoms with Crippen molar-refractivity contribution in [3.05, 3.63) is 64.7 Å². The maximum absolute atomic E-state index is 13.8. The first-order valence-corrected chi connectivity index (χ1v) is 11.3. The van der Waals surface area contributed by atoms with Gasteiger partial charge in [-0.15, -0.1) is 0 Å². The Kier molecular flexibility index (Phi) is 7.82. The predicted molar refractivity (Wildman–Crippen MR) is 110 cm³/mol. The first-order valence-electron chi connectivity index (χ1n) is 9.00. The van der Waals surface area contributed by atoms with Gasteiger partial charge in [-0.05, 0) is 25.0 Å². The fraction of sp³-hybridized carbons (Fsp3) is 0.333. The van der Waals surface area contributed by atoms with E-state index in [1.54, 1.807) is 55.5 Å². The summed E-state index contributed by atoms with van der Waals surface area (Å²) in [4.78, 5) is 25.3. The smallest absolute Gasteiger partial charge is 0.306 e. The van der Waals surface area contributed by atoms with Crippen LogP contribution in [0.2, 0.25) is 5.02 Å². The second-order valence-corrected chi connectivity index (χ2v) is 9.62. The minimum Gasteiger partial charge on any atom is -0.466 e. The predicted octanol–water partition coefficient (Wildman–Crippen LogP) is 5.21. The highest BCUT2D eigenvalue weighted by Gasteiger charge is 2.36. The molecule has 27 heavy (non-hydrogen) atoms. The van der Waals surface area contributed by atoms with Crippen molar-refractivity contribution >= 4 is 35.5 Å². The minimum absolute atomic E-state index is 0.0779. The first kappa shape index (κ1) is 21.4. The molecule has 1 atom stereocenters. The number of halogens is 1. The average molecular weight is 407 g/mol. The lowest BCUT2D eigenvalue weighted by atomic mass is 10.1. The Morgan fingerprint density at radius 2 is 1.78 bits per heavy atom. The molecule has 144 valence electrons. The van der Waals surface area contributed by atoms with E-state index in [2.05, 4.69) is 0 Å². The Morgan fingerprint density at radius 1 is 1.07 bits per heavy atom. The molecule has 0 bridgehead atoms. The normalized spacial score (nSPS) is 13.0.